The van der Waals surface area contributed by atoms with E-state index in [-0.39, 0.29) is 0 Å². The van der Waals surface area contributed by atoms with Gasteiger partial charge in [0.1, 0.15) is 12.0 Å². The Labute approximate surface area is 167 Å². The number of piperazine rings is 1. The second kappa shape index (κ2) is 7.84. The van der Waals surface area contributed by atoms with E-state index in [0.717, 1.165) is 42.2 Å². The molecule has 4 rings (SSSR count). The van der Waals surface area contributed by atoms with Crippen LogP contribution in [0.2, 0.25) is 0 Å². The van der Waals surface area contributed by atoms with Gasteiger partial charge in [-0.2, -0.15) is 0 Å². The summed E-state index contributed by atoms with van der Waals surface area (Å²) in [5, 5.41) is 3.29. The zero-order valence-electron chi connectivity index (χ0n) is 14.8. The number of halogens is 1. The molecule has 6 nitrogen and oxygen atoms in total. The molecular formula is C20H21BrN6. The molecule has 1 aliphatic rings. The van der Waals surface area contributed by atoms with Gasteiger partial charge in [-0.3, -0.25) is 0 Å². The number of para-hydroxylation sites is 2. The first-order chi connectivity index (χ1) is 13.2. The van der Waals surface area contributed by atoms with Crippen molar-refractivity contribution in [3.63, 3.8) is 0 Å². The molecule has 0 saturated carbocycles. The van der Waals surface area contributed by atoms with Crippen LogP contribution in [-0.4, -0.2) is 36.1 Å². The molecule has 0 atom stereocenters. The molecule has 0 spiro atoms. The molecule has 1 saturated heterocycles. The van der Waals surface area contributed by atoms with Crippen LogP contribution in [0.5, 0.6) is 0 Å². The number of nitrogen functional groups attached to an aromatic ring is 1. The Morgan fingerprint density at radius 2 is 1.52 bits per heavy atom. The number of nitrogens with zero attached hydrogens (tertiary/aromatic N) is 4. The van der Waals surface area contributed by atoms with Gasteiger partial charge in [0, 0.05) is 36.3 Å². The van der Waals surface area contributed by atoms with E-state index >= 15 is 0 Å². The van der Waals surface area contributed by atoms with Crippen LogP contribution >= 0.6 is 15.9 Å². The van der Waals surface area contributed by atoms with Gasteiger partial charge in [-0.05, 0) is 40.2 Å². The SMILES string of the molecule is Nc1c(Nc2ccccc2Br)ncnc1N1CCN(c2ccccc2)CC1. The predicted octanol–water partition coefficient (Wildman–Crippen LogP) is 3.89. The molecule has 138 valence electrons. The molecule has 2 heterocycles. The Kier molecular flexibility index (Phi) is 5.11. The zero-order valence-corrected chi connectivity index (χ0v) is 16.4. The van der Waals surface area contributed by atoms with Gasteiger partial charge < -0.3 is 20.9 Å². The minimum absolute atomic E-state index is 0.571. The van der Waals surface area contributed by atoms with Crippen molar-refractivity contribution in [3.8, 4) is 0 Å². The number of nitrogens with two attached hydrogens (primary N) is 1. The molecular weight excluding hydrogens is 404 g/mol. The predicted molar refractivity (Wildman–Crippen MR) is 115 cm³/mol. The minimum Gasteiger partial charge on any atom is -0.393 e. The lowest BCUT2D eigenvalue weighted by Gasteiger charge is -2.37. The van der Waals surface area contributed by atoms with Crippen LogP contribution in [0.3, 0.4) is 0 Å². The zero-order chi connectivity index (χ0) is 18.6. The number of benzene rings is 2. The van der Waals surface area contributed by atoms with Crippen molar-refractivity contribution in [2.75, 3.05) is 47.0 Å². The summed E-state index contributed by atoms with van der Waals surface area (Å²) < 4.78 is 0.959. The Balaban J connectivity index is 1.49. The highest BCUT2D eigenvalue weighted by Gasteiger charge is 2.21. The molecule has 3 aromatic rings. The van der Waals surface area contributed by atoms with Gasteiger partial charge in [-0.15, -0.1) is 0 Å². The number of hydrogen-bond acceptors (Lipinski definition) is 6. The summed E-state index contributed by atoms with van der Waals surface area (Å²) in [6.07, 6.45) is 1.56. The highest BCUT2D eigenvalue weighted by molar-refractivity contribution is 9.10. The normalized spacial score (nSPS) is 14.3. The first-order valence-corrected chi connectivity index (χ1v) is 9.68. The molecule has 0 amide bonds. The lowest BCUT2D eigenvalue weighted by atomic mass is 10.2. The van der Waals surface area contributed by atoms with Crippen molar-refractivity contribution in [3.05, 3.63) is 65.4 Å². The topological polar surface area (TPSA) is 70.3 Å². The lowest BCUT2D eigenvalue weighted by molar-refractivity contribution is 0.647. The van der Waals surface area contributed by atoms with Crippen LogP contribution in [0.4, 0.5) is 28.7 Å². The average Bonchev–Trinajstić information content (AvgIpc) is 2.72. The van der Waals surface area contributed by atoms with Gasteiger partial charge in [0.2, 0.25) is 0 Å². The van der Waals surface area contributed by atoms with Gasteiger partial charge in [0.15, 0.2) is 11.6 Å². The van der Waals surface area contributed by atoms with Gasteiger partial charge in [-0.25, -0.2) is 9.97 Å². The number of rotatable bonds is 4. The highest BCUT2D eigenvalue weighted by Crippen LogP contribution is 2.32. The van der Waals surface area contributed by atoms with Gasteiger partial charge in [0.05, 0.1) is 5.69 Å². The van der Waals surface area contributed by atoms with E-state index in [1.165, 1.54) is 5.69 Å². The summed E-state index contributed by atoms with van der Waals surface area (Å²) in [5.74, 6) is 1.41. The standard InChI is InChI=1S/C20H21BrN6/c21-16-8-4-5-9-17(16)25-19-18(22)20(24-14-23-19)27-12-10-26(11-13-27)15-6-2-1-3-7-15/h1-9,14H,10-13,22H2,(H,23,24,25). The Morgan fingerprint density at radius 3 is 2.26 bits per heavy atom. The van der Waals surface area contributed by atoms with Crippen LogP contribution in [0.25, 0.3) is 0 Å². The maximum absolute atomic E-state index is 6.40. The maximum atomic E-state index is 6.40. The van der Waals surface area contributed by atoms with Crippen LogP contribution in [0.15, 0.2) is 65.4 Å². The molecule has 1 fully saturated rings. The summed E-state index contributed by atoms with van der Waals surface area (Å²) >= 11 is 3.54. The van der Waals surface area contributed by atoms with E-state index in [1.807, 2.05) is 30.3 Å². The van der Waals surface area contributed by atoms with E-state index < -0.39 is 0 Å². The number of aromatic nitrogens is 2. The largest absolute Gasteiger partial charge is 0.393 e. The Bertz CT molecular complexity index is 909. The second-order valence-corrected chi connectivity index (χ2v) is 7.23. The molecule has 0 radical (unpaired) electrons. The lowest BCUT2D eigenvalue weighted by Crippen LogP contribution is -2.47. The van der Waals surface area contributed by atoms with E-state index in [2.05, 4.69) is 65.3 Å². The van der Waals surface area contributed by atoms with Crippen LogP contribution in [-0.2, 0) is 0 Å². The molecule has 0 unspecified atom stereocenters. The quantitative estimate of drug-likeness (QED) is 0.661. The summed E-state index contributed by atoms with van der Waals surface area (Å²) in [5.41, 5.74) is 9.14. The average molecular weight is 425 g/mol. The minimum atomic E-state index is 0.571. The third-order valence-electron chi connectivity index (χ3n) is 4.69. The first kappa shape index (κ1) is 17.6. The van der Waals surface area contributed by atoms with Crippen molar-refractivity contribution < 1.29 is 0 Å². The van der Waals surface area contributed by atoms with Crippen molar-refractivity contribution >= 4 is 44.6 Å². The van der Waals surface area contributed by atoms with E-state index in [1.54, 1.807) is 6.33 Å². The van der Waals surface area contributed by atoms with Gasteiger partial charge >= 0.3 is 0 Å². The summed E-state index contributed by atoms with van der Waals surface area (Å²) in [4.78, 5) is 13.4. The Hall–Kier alpha value is -2.80. The molecule has 7 heteroatoms. The van der Waals surface area contributed by atoms with E-state index in [4.69, 9.17) is 5.73 Å². The van der Waals surface area contributed by atoms with Crippen molar-refractivity contribution in [1.29, 1.82) is 0 Å². The highest BCUT2D eigenvalue weighted by atomic mass is 79.9. The second-order valence-electron chi connectivity index (χ2n) is 6.37. The van der Waals surface area contributed by atoms with E-state index in [9.17, 15) is 0 Å². The third-order valence-corrected chi connectivity index (χ3v) is 5.38. The summed E-state index contributed by atoms with van der Waals surface area (Å²) in [6.45, 7) is 3.59. The molecule has 3 N–H and O–H groups in total. The molecule has 2 aromatic carbocycles. The number of hydrogen-bond donors (Lipinski definition) is 2. The van der Waals surface area contributed by atoms with Crippen LogP contribution in [0.1, 0.15) is 0 Å². The fourth-order valence-corrected chi connectivity index (χ4v) is 3.63. The summed E-state index contributed by atoms with van der Waals surface area (Å²) in [6, 6.07) is 18.4. The fourth-order valence-electron chi connectivity index (χ4n) is 3.24. The number of anilines is 5. The molecule has 1 aliphatic heterocycles. The van der Waals surface area contributed by atoms with Crippen LogP contribution < -0.4 is 20.9 Å². The number of nitrogens with one attached hydrogen (secondary N) is 1. The third kappa shape index (κ3) is 3.83. The molecule has 0 bridgehead atoms. The smallest absolute Gasteiger partial charge is 0.159 e. The fraction of sp³-hybridized carbons (Fsp3) is 0.200. The monoisotopic (exact) mass is 424 g/mol. The summed E-state index contributed by atoms with van der Waals surface area (Å²) in [7, 11) is 0. The van der Waals surface area contributed by atoms with Crippen LogP contribution in [0, 0.1) is 0 Å². The first-order valence-electron chi connectivity index (χ1n) is 8.89. The van der Waals surface area contributed by atoms with Crippen molar-refractivity contribution in [1.82, 2.24) is 9.97 Å². The molecule has 27 heavy (non-hydrogen) atoms. The van der Waals surface area contributed by atoms with Crippen molar-refractivity contribution in [2.45, 2.75) is 0 Å². The Morgan fingerprint density at radius 1 is 0.852 bits per heavy atom. The van der Waals surface area contributed by atoms with Gasteiger partial charge in [-0.1, -0.05) is 30.3 Å². The molecule has 1 aromatic heterocycles. The maximum Gasteiger partial charge on any atom is 0.159 e. The van der Waals surface area contributed by atoms with Crippen molar-refractivity contribution in [2.24, 2.45) is 0 Å². The molecule has 0 aliphatic carbocycles. The van der Waals surface area contributed by atoms with E-state index in [0.29, 0.717) is 11.5 Å². The van der Waals surface area contributed by atoms with Gasteiger partial charge in [0.25, 0.3) is 0 Å².